The number of imidazole rings is 2. The first-order valence-corrected chi connectivity index (χ1v) is 10.9. The molecule has 160 valence electrons. The number of rotatable bonds is 7. The lowest BCUT2D eigenvalue weighted by Crippen LogP contribution is -2.27. The van der Waals surface area contributed by atoms with Crippen LogP contribution < -0.4 is 5.69 Å². The molecule has 0 aliphatic rings. The minimum atomic E-state index is -0.0138. The Hall–Kier alpha value is -3.33. The molecule has 2 heterocycles. The highest BCUT2D eigenvalue weighted by Gasteiger charge is 2.20. The lowest BCUT2D eigenvalue weighted by atomic mass is 10.1. The first kappa shape index (κ1) is 20.9. The van der Waals surface area contributed by atoms with Gasteiger partial charge in [-0.3, -0.25) is 9.13 Å². The minimum Gasteiger partial charge on any atom is -0.326 e. The second-order valence-electron chi connectivity index (χ2n) is 8.78. The summed E-state index contributed by atoms with van der Waals surface area (Å²) < 4.78 is 5.91. The van der Waals surface area contributed by atoms with Crippen molar-refractivity contribution in [3.05, 3.63) is 75.8 Å². The molecule has 2 aromatic heterocycles. The Morgan fingerprint density at radius 2 is 1.68 bits per heavy atom. The lowest BCUT2D eigenvalue weighted by molar-refractivity contribution is 0.504. The van der Waals surface area contributed by atoms with Gasteiger partial charge in [0.15, 0.2) is 0 Å². The van der Waals surface area contributed by atoms with Crippen molar-refractivity contribution in [2.24, 2.45) is 5.92 Å². The normalized spacial score (nSPS) is 11.8. The third kappa shape index (κ3) is 3.76. The van der Waals surface area contributed by atoms with Gasteiger partial charge in [-0.05, 0) is 50.5 Å². The molecule has 0 fully saturated rings. The van der Waals surface area contributed by atoms with E-state index in [1.807, 2.05) is 59.4 Å². The van der Waals surface area contributed by atoms with Gasteiger partial charge in [0, 0.05) is 12.6 Å². The molecule has 0 spiro atoms. The van der Waals surface area contributed by atoms with E-state index in [4.69, 9.17) is 11.6 Å². The molecule has 0 amide bonds. The molecule has 0 N–H and O–H groups in total. The predicted octanol–water partition coefficient (Wildman–Crippen LogP) is 5.25. The highest BCUT2D eigenvalue weighted by atomic mass is 16.1. The monoisotopic (exact) mass is 415 g/mol. The summed E-state index contributed by atoms with van der Waals surface area (Å²) in [5, 5.41) is 0. The zero-order valence-electron chi connectivity index (χ0n) is 18.7. The molecule has 0 saturated carbocycles. The van der Waals surface area contributed by atoms with Gasteiger partial charge in [-0.1, -0.05) is 32.0 Å². The molecular formula is C25H29N5O. The van der Waals surface area contributed by atoms with Crippen molar-refractivity contribution in [3.8, 4) is 0 Å². The van der Waals surface area contributed by atoms with Gasteiger partial charge in [-0.25, -0.2) is 16.4 Å². The molecule has 2 aromatic carbocycles. The van der Waals surface area contributed by atoms with Crippen LogP contribution in [0.4, 0.5) is 0 Å². The predicted molar refractivity (Wildman–Crippen MR) is 125 cm³/mol. The van der Waals surface area contributed by atoms with E-state index in [0.29, 0.717) is 19.0 Å². The molecule has 0 atom stereocenters. The average molecular weight is 416 g/mol. The van der Waals surface area contributed by atoms with Gasteiger partial charge in [-0.15, -0.1) is 0 Å². The number of para-hydroxylation sites is 3. The Kier molecular flexibility index (Phi) is 5.69. The van der Waals surface area contributed by atoms with Gasteiger partial charge in [-0.2, -0.15) is 0 Å². The third-order valence-corrected chi connectivity index (χ3v) is 5.81. The van der Waals surface area contributed by atoms with E-state index in [2.05, 4.69) is 29.3 Å². The molecule has 4 aromatic rings. The van der Waals surface area contributed by atoms with E-state index < -0.39 is 0 Å². The second-order valence-corrected chi connectivity index (χ2v) is 8.78. The quantitative estimate of drug-likeness (QED) is 0.387. The summed E-state index contributed by atoms with van der Waals surface area (Å²) in [5.74, 6) is 1.42. The second kappa shape index (κ2) is 8.43. The number of aryl methyl sites for hydroxylation is 1. The van der Waals surface area contributed by atoms with Crippen molar-refractivity contribution in [3.63, 3.8) is 0 Å². The molecule has 0 aliphatic heterocycles. The summed E-state index contributed by atoms with van der Waals surface area (Å²) in [6.45, 7) is 17.3. The van der Waals surface area contributed by atoms with Crippen LogP contribution in [0.25, 0.3) is 26.9 Å². The number of nitrogens with zero attached hydrogens (tertiary/aromatic N) is 5. The van der Waals surface area contributed by atoms with Crippen LogP contribution in [0.3, 0.4) is 0 Å². The van der Waals surface area contributed by atoms with Crippen molar-refractivity contribution in [2.45, 2.75) is 59.8 Å². The Labute approximate surface area is 182 Å². The fraction of sp³-hybridized carbons (Fsp3) is 0.400. The molecule has 0 bridgehead atoms. The van der Waals surface area contributed by atoms with Crippen molar-refractivity contribution in [2.75, 3.05) is 0 Å². The highest BCUT2D eigenvalue weighted by molar-refractivity contribution is 5.80. The molecule has 31 heavy (non-hydrogen) atoms. The summed E-state index contributed by atoms with van der Waals surface area (Å²) >= 11 is 0. The van der Waals surface area contributed by atoms with Crippen LogP contribution in [0.15, 0.2) is 47.3 Å². The lowest BCUT2D eigenvalue weighted by Gasteiger charge is -2.12. The summed E-state index contributed by atoms with van der Waals surface area (Å²) in [6.07, 6.45) is 1.02. The number of hydrogen-bond donors (Lipinski definition) is 0. The molecule has 0 aliphatic carbocycles. The van der Waals surface area contributed by atoms with Gasteiger partial charge in [0.25, 0.3) is 0 Å². The van der Waals surface area contributed by atoms with E-state index in [9.17, 15) is 4.79 Å². The number of fused-ring (bicyclic) bond motifs is 2. The van der Waals surface area contributed by atoms with E-state index in [0.717, 1.165) is 46.4 Å². The van der Waals surface area contributed by atoms with E-state index in [1.165, 1.54) is 0 Å². The smallest absolute Gasteiger partial charge is 0.326 e. The van der Waals surface area contributed by atoms with Crippen molar-refractivity contribution >= 4 is 22.1 Å². The summed E-state index contributed by atoms with van der Waals surface area (Å²) in [6, 6.07) is 14.1. The van der Waals surface area contributed by atoms with Crippen LogP contribution in [0, 0.1) is 12.5 Å². The fourth-order valence-electron chi connectivity index (χ4n) is 4.25. The standard InChI is InChI=1S/C25H29N5O/c1-17(2)13-14-28-22-12-8-9-19(15-26-5)24(22)27-23(28)16-29-20-10-6-7-11-21(20)30(18(3)4)25(29)31/h6-12,17-18H,13-16H2,1-4H3. The first-order chi connectivity index (χ1) is 14.9. The summed E-state index contributed by atoms with van der Waals surface area (Å²) in [5.41, 5.74) is 4.70. The Balaban J connectivity index is 1.90. The van der Waals surface area contributed by atoms with Crippen LogP contribution in [0.1, 0.15) is 51.5 Å². The SMILES string of the molecule is [C-]#[N+]Cc1cccc2c1nc(Cn1c(=O)n(C(C)C)c3ccccc31)n2CCC(C)C. The number of aromatic nitrogens is 4. The van der Waals surface area contributed by atoms with Gasteiger partial charge in [0.05, 0.1) is 34.2 Å². The average Bonchev–Trinajstić information content (AvgIpc) is 3.22. The van der Waals surface area contributed by atoms with Gasteiger partial charge >= 0.3 is 5.69 Å². The Bertz CT molecular complexity index is 1330. The maximum absolute atomic E-state index is 13.3. The molecule has 6 nitrogen and oxygen atoms in total. The largest absolute Gasteiger partial charge is 0.329 e. The van der Waals surface area contributed by atoms with Crippen LogP contribution in [0.5, 0.6) is 0 Å². The molecule has 0 unspecified atom stereocenters. The van der Waals surface area contributed by atoms with Crippen LogP contribution >= 0.6 is 0 Å². The zero-order chi connectivity index (χ0) is 22.1. The van der Waals surface area contributed by atoms with Gasteiger partial charge in [0.1, 0.15) is 5.82 Å². The summed E-state index contributed by atoms with van der Waals surface area (Å²) in [4.78, 5) is 21.9. The minimum absolute atomic E-state index is 0.0138. The van der Waals surface area contributed by atoms with Crippen molar-refractivity contribution in [1.82, 2.24) is 18.7 Å². The van der Waals surface area contributed by atoms with Crippen LogP contribution in [-0.2, 0) is 19.6 Å². The number of benzene rings is 2. The molecule has 0 saturated heterocycles. The van der Waals surface area contributed by atoms with E-state index in [-0.39, 0.29) is 11.7 Å². The topological polar surface area (TPSA) is 49.1 Å². The zero-order valence-corrected chi connectivity index (χ0v) is 18.7. The molecule has 6 heteroatoms. The van der Waals surface area contributed by atoms with E-state index in [1.54, 1.807) is 0 Å². The van der Waals surface area contributed by atoms with Gasteiger partial charge < -0.3 is 9.41 Å². The van der Waals surface area contributed by atoms with Gasteiger partial charge in [0.2, 0.25) is 6.54 Å². The van der Waals surface area contributed by atoms with Crippen molar-refractivity contribution < 1.29 is 0 Å². The third-order valence-electron chi connectivity index (χ3n) is 5.81. The Morgan fingerprint density at radius 3 is 2.35 bits per heavy atom. The van der Waals surface area contributed by atoms with Crippen LogP contribution in [0.2, 0.25) is 0 Å². The van der Waals surface area contributed by atoms with E-state index >= 15 is 0 Å². The molecule has 4 rings (SSSR count). The first-order valence-electron chi connectivity index (χ1n) is 10.9. The highest BCUT2D eigenvalue weighted by Crippen LogP contribution is 2.24. The fourth-order valence-corrected chi connectivity index (χ4v) is 4.25. The van der Waals surface area contributed by atoms with Crippen LogP contribution in [-0.4, -0.2) is 18.7 Å². The summed E-state index contributed by atoms with van der Waals surface area (Å²) in [7, 11) is 0. The number of hydrogen-bond acceptors (Lipinski definition) is 2. The van der Waals surface area contributed by atoms with Crippen molar-refractivity contribution in [1.29, 1.82) is 0 Å². The molecule has 0 radical (unpaired) electrons. The molecular weight excluding hydrogens is 386 g/mol. The maximum Gasteiger partial charge on any atom is 0.329 e. The maximum atomic E-state index is 13.3. The Morgan fingerprint density at radius 1 is 0.968 bits per heavy atom.